The van der Waals surface area contributed by atoms with E-state index in [0.717, 1.165) is 11.1 Å². The van der Waals surface area contributed by atoms with E-state index in [4.69, 9.17) is 4.74 Å². The van der Waals surface area contributed by atoms with E-state index in [9.17, 15) is 19.5 Å². The largest absolute Gasteiger partial charge is 0.480 e. The molecular formula is C28H32N2O5. The lowest BCUT2D eigenvalue weighted by molar-refractivity contribution is -0.144. The Morgan fingerprint density at radius 2 is 1.69 bits per heavy atom. The molecule has 35 heavy (non-hydrogen) atoms. The molecule has 184 valence electrons. The lowest BCUT2D eigenvalue weighted by Gasteiger charge is -2.27. The van der Waals surface area contributed by atoms with E-state index in [-0.39, 0.29) is 30.4 Å². The first kappa shape index (κ1) is 24.5. The standard InChI is InChI=1S/C28H32N2O5/c1-3-17(2)25(27(32)33)30-26(31)18-9-8-10-19(15-18)29-28(34)35-16-24-22-13-6-4-11-20(22)21-12-5-7-14-23(21)24/h4-8,10-14,17-19,24-25H,3,9,15-16H2,1-2H3,(H,29,34)(H,30,31)(H,32,33)/t17?,18?,19?,25-/m0/s1. The fourth-order valence-corrected chi connectivity index (χ4v) is 4.96. The van der Waals surface area contributed by atoms with Gasteiger partial charge in [0.25, 0.3) is 0 Å². The Morgan fingerprint density at radius 3 is 2.29 bits per heavy atom. The molecule has 0 aliphatic heterocycles. The quantitative estimate of drug-likeness (QED) is 0.488. The Bertz CT molecular complexity index is 1080. The van der Waals surface area contributed by atoms with Crippen molar-refractivity contribution in [1.29, 1.82) is 0 Å². The summed E-state index contributed by atoms with van der Waals surface area (Å²) in [6, 6.07) is 15.0. The number of alkyl carbamates (subject to hydrolysis) is 1. The van der Waals surface area contributed by atoms with E-state index >= 15 is 0 Å². The van der Waals surface area contributed by atoms with Crippen molar-refractivity contribution in [1.82, 2.24) is 10.6 Å². The van der Waals surface area contributed by atoms with Crippen molar-refractivity contribution in [2.24, 2.45) is 11.8 Å². The lowest BCUT2D eigenvalue weighted by atomic mass is 9.89. The number of hydrogen-bond acceptors (Lipinski definition) is 4. The number of carbonyl (C=O) groups is 3. The van der Waals surface area contributed by atoms with E-state index in [1.54, 1.807) is 6.92 Å². The number of amides is 2. The highest BCUT2D eigenvalue weighted by atomic mass is 16.5. The van der Waals surface area contributed by atoms with Crippen LogP contribution in [0.1, 0.15) is 50.2 Å². The fourth-order valence-electron chi connectivity index (χ4n) is 4.96. The Morgan fingerprint density at radius 1 is 1.06 bits per heavy atom. The molecule has 2 aromatic rings. The van der Waals surface area contributed by atoms with Crippen LogP contribution in [0.5, 0.6) is 0 Å². The number of ether oxygens (including phenoxy) is 1. The number of allylic oxidation sites excluding steroid dienone is 1. The number of hydrogen-bond donors (Lipinski definition) is 3. The van der Waals surface area contributed by atoms with Crippen LogP contribution in [-0.4, -0.2) is 41.8 Å². The zero-order valence-corrected chi connectivity index (χ0v) is 20.1. The van der Waals surface area contributed by atoms with Crippen molar-refractivity contribution in [2.45, 2.75) is 51.1 Å². The number of carbonyl (C=O) groups excluding carboxylic acids is 2. The molecule has 0 spiro atoms. The van der Waals surface area contributed by atoms with Gasteiger partial charge in [0.05, 0.1) is 6.04 Å². The summed E-state index contributed by atoms with van der Waals surface area (Å²) in [4.78, 5) is 36.9. The van der Waals surface area contributed by atoms with Crippen molar-refractivity contribution >= 4 is 18.0 Å². The van der Waals surface area contributed by atoms with Crippen LogP contribution in [0.2, 0.25) is 0 Å². The van der Waals surface area contributed by atoms with E-state index in [1.165, 1.54) is 11.1 Å². The summed E-state index contributed by atoms with van der Waals surface area (Å²) in [5, 5.41) is 15.0. The van der Waals surface area contributed by atoms with Gasteiger partial charge < -0.3 is 20.5 Å². The van der Waals surface area contributed by atoms with Gasteiger partial charge in [-0.2, -0.15) is 0 Å². The van der Waals surface area contributed by atoms with Crippen molar-refractivity contribution in [3.05, 3.63) is 71.8 Å². The van der Waals surface area contributed by atoms with Gasteiger partial charge in [-0.25, -0.2) is 9.59 Å². The number of carboxylic acid groups (broad SMARTS) is 1. The van der Waals surface area contributed by atoms with Crippen molar-refractivity contribution in [3.63, 3.8) is 0 Å². The van der Waals surface area contributed by atoms with Gasteiger partial charge in [-0.05, 0) is 41.0 Å². The van der Waals surface area contributed by atoms with Crippen molar-refractivity contribution < 1.29 is 24.2 Å². The lowest BCUT2D eigenvalue weighted by Crippen LogP contribution is -2.48. The molecule has 7 nitrogen and oxygen atoms in total. The summed E-state index contributed by atoms with van der Waals surface area (Å²) >= 11 is 0. The van der Waals surface area contributed by atoms with Gasteiger partial charge in [0.2, 0.25) is 5.91 Å². The normalized spacial score (nSPS) is 20.3. The number of rotatable bonds is 8. The molecule has 2 amide bonds. The minimum absolute atomic E-state index is 0.0259. The minimum atomic E-state index is -1.03. The molecule has 0 bridgehead atoms. The first-order valence-corrected chi connectivity index (χ1v) is 12.2. The zero-order chi connectivity index (χ0) is 24.9. The Balaban J connectivity index is 1.33. The fraction of sp³-hybridized carbons (Fsp3) is 0.393. The zero-order valence-electron chi connectivity index (χ0n) is 20.1. The summed E-state index contributed by atoms with van der Waals surface area (Å²) < 4.78 is 5.62. The monoisotopic (exact) mass is 476 g/mol. The molecule has 0 aromatic heterocycles. The number of fused-ring (bicyclic) bond motifs is 3. The van der Waals surface area contributed by atoms with E-state index in [2.05, 4.69) is 34.9 Å². The maximum absolute atomic E-state index is 12.7. The van der Waals surface area contributed by atoms with Crippen LogP contribution >= 0.6 is 0 Å². The maximum atomic E-state index is 12.7. The molecule has 3 unspecified atom stereocenters. The molecule has 3 N–H and O–H groups in total. The molecule has 4 atom stereocenters. The van der Waals surface area contributed by atoms with Crippen LogP contribution in [0.3, 0.4) is 0 Å². The third kappa shape index (κ3) is 5.39. The second-order valence-corrected chi connectivity index (χ2v) is 9.38. The Kier molecular flexibility index (Phi) is 7.54. The van der Waals surface area contributed by atoms with Gasteiger partial charge in [-0.15, -0.1) is 0 Å². The van der Waals surface area contributed by atoms with Gasteiger partial charge >= 0.3 is 12.1 Å². The third-order valence-electron chi connectivity index (χ3n) is 7.12. The average molecular weight is 477 g/mol. The second-order valence-electron chi connectivity index (χ2n) is 9.38. The van der Waals surface area contributed by atoms with Crippen molar-refractivity contribution in [2.75, 3.05) is 6.61 Å². The smallest absolute Gasteiger partial charge is 0.407 e. The number of carboxylic acids is 1. The predicted molar refractivity (Wildman–Crippen MR) is 133 cm³/mol. The minimum Gasteiger partial charge on any atom is -0.480 e. The second kappa shape index (κ2) is 10.8. The Hall–Kier alpha value is -3.61. The summed E-state index contributed by atoms with van der Waals surface area (Å²) in [5.41, 5.74) is 4.62. The molecule has 0 saturated carbocycles. The summed E-state index contributed by atoms with van der Waals surface area (Å²) in [6.07, 6.45) is 4.70. The number of aliphatic carboxylic acids is 1. The van der Waals surface area contributed by atoms with Gasteiger partial charge in [-0.1, -0.05) is 81.0 Å². The first-order chi connectivity index (χ1) is 16.9. The van der Waals surface area contributed by atoms with Crippen LogP contribution in [-0.2, 0) is 14.3 Å². The van der Waals surface area contributed by atoms with E-state index in [1.807, 2.05) is 43.3 Å². The number of benzene rings is 2. The average Bonchev–Trinajstić information content (AvgIpc) is 3.19. The molecule has 0 radical (unpaired) electrons. The van der Waals surface area contributed by atoms with Gasteiger partial charge in [0.1, 0.15) is 12.6 Å². The van der Waals surface area contributed by atoms with Gasteiger partial charge in [0.15, 0.2) is 0 Å². The molecule has 2 aliphatic carbocycles. The predicted octanol–water partition coefficient (Wildman–Crippen LogP) is 4.48. The molecular weight excluding hydrogens is 444 g/mol. The Labute approximate surface area is 205 Å². The molecule has 0 saturated heterocycles. The number of nitrogens with one attached hydrogen (secondary N) is 2. The van der Waals surface area contributed by atoms with Crippen LogP contribution in [0.25, 0.3) is 11.1 Å². The molecule has 0 fully saturated rings. The van der Waals surface area contributed by atoms with Gasteiger partial charge in [-0.3, -0.25) is 4.79 Å². The molecule has 0 heterocycles. The summed E-state index contributed by atoms with van der Waals surface area (Å²) in [7, 11) is 0. The third-order valence-corrected chi connectivity index (χ3v) is 7.12. The van der Waals surface area contributed by atoms with Crippen LogP contribution < -0.4 is 10.6 Å². The van der Waals surface area contributed by atoms with Crippen molar-refractivity contribution in [3.8, 4) is 11.1 Å². The highest BCUT2D eigenvalue weighted by Gasteiger charge is 2.32. The van der Waals surface area contributed by atoms with Crippen LogP contribution in [0.4, 0.5) is 4.79 Å². The highest BCUT2D eigenvalue weighted by Crippen LogP contribution is 2.44. The van der Waals surface area contributed by atoms with Crippen LogP contribution in [0.15, 0.2) is 60.7 Å². The van der Waals surface area contributed by atoms with E-state index in [0.29, 0.717) is 19.3 Å². The maximum Gasteiger partial charge on any atom is 0.407 e. The highest BCUT2D eigenvalue weighted by molar-refractivity contribution is 5.85. The first-order valence-electron chi connectivity index (χ1n) is 12.2. The molecule has 2 aromatic carbocycles. The van der Waals surface area contributed by atoms with Crippen LogP contribution in [0, 0.1) is 11.8 Å². The molecule has 2 aliphatic rings. The topological polar surface area (TPSA) is 105 Å². The van der Waals surface area contributed by atoms with E-state index < -0.39 is 24.0 Å². The molecule has 7 heteroatoms. The van der Waals surface area contributed by atoms with Gasteiger partial charge in [0, 0.05) is 11.8 Å². The SMILES string of the molecule is CCC(C)[C@H](NC(=O)C1CC=CC(NC(=O)OCC2c3ccccc3-c3ccccc32)C1)C(=O)O. The molecule has 4 rings (SSSR count). The summed E-state index contributed by atoms with van der Waals surface area (Å²) in [6.45, 7) is 3.92. The summed E-state index contributed by atoms with van der Waals surface area (Å²) in [5.74, 6) is -1.95.